The maximum absolute atomic E-state index is 11.9. The van der Waals surface area contributed by atoms with Crippen molar-refractivity contribution in [2.45, 2.75) is 13.5 Å². The van der Waals surface area contributed by atoms with Crippen LogP contribution in [0.3, 0.4) is 0 Å². The average Bonchev–Trinajstić information content (AvgIpc) is 2.94. The van der Waals surface area contributed by atoms with Crippen molar-refractivity contribution < 1.29 is 4.79 Å². The van der Waals surface area contributed by atoms with Crippen LogP contribution >= 0.6 is 11.6 Å². The summed E-state index contributed by atoms with van der Waals surface area (Å²) in [5.41, 5.74) is 2.36. The second-order valence-electron chi connectivity index (χ2n) is 4.90. The Kier molecular flexibility index (Phi) is 4.98. The van der Waals surface area contributed by atoms with E-state index in [1.165, 1.54) is 4.90 Å². The van der Waals surface area contributed by atoms with Crippen molar-refractivity contribution >= 4 is 17.5 Å². The van der Waals surface area contributed by atoms with Crippen LogP contribution in [-0.2, 0) is 6.54 Å². The van der Waals surface area contributed by atoms with Crippen LogP contribution in [0.5, 0.6) is 0 Å². The predicted octanol–water partition coefficient (Wildman–Crippen LogP) is 2.34. The molecule has 0 spiro atoms. The molecule has 21 heavy (non-hydrogen) atoms. The molecule has 1 amide bonds. The van der Waals surface area contributed by atoms with Crippen molar-refractivity contribution in [1.82, 2.24) is 20.0 Å². The molecule has 0 fully saturated rings. The highest BCUT2D eigenvalue weighted by molar-refractivity contribution is 6.30. The lowest BCUT2D eigenvalue weighted by Gasteiger charge is -2.11. The molecule has 0 unspecified atom stereocenters. The largest absolute Gasteiger partial charge is 0.343 e. The van der Waals surface area contributed by atoms with Crippen molar-refractivity contribution in [2.75, 3.05) is 20.6 Å². The molecule has 0 aliphatic heterocycles. The van der Waals surface area contributed by atoms with Gasteiger partial charge in [0.05, 0.1) is 5.69 Å². The smallest absolute Gasteiger partial charge is 0.273 e. The van der Waals surface area contributed by atoms with Crippen molar-refractivity contribution in [3.63, 3.8) is 0 Å². The fraction of sp³-hybridized carbons (Fsp3) is 0.333. The van der Waals surface area contributed by atoms with Gasteiger partial charge in [0.15, 0.2) is 5.69 Å². The van der Waals surface area contributed by atoms with Crippen LogP contribution in [0.4, 0.5) is 0 Å². The number of carbonyl (C=O) groups is 1. The van der Waals surface area contributed by atoms with Gasteiger partial charge in [0.25, 0.3) is 5.91 Å². The third-order valence-electron chi connectivity index (χ3n) is 3.07. The van der Waals surface area contributed by atoms with Crippen LogP contribution in [0.1, 0.15) is 23.0 Å². The fourth-order valence-electron chi connectivity index (χ4n) is 1.96. The third kappa shape index (κ3) is 3.62. The van der Waals surface area contributed by atoms with Crippen LogP contribution in [-0.4, -0.2) is 41.2 Å². The lowest BCUT2D eigenvalue weighted by molar-refractivity contribution is 0.0821. The normalized spacial score (nSPS) is 10.7. The standard InChI is InChI=1S/C15H19ClN4O/c1-4-17-10-11-5-6-12(16)9-14(11)20-8-7-13(18-20)15(21)19(2)3/h5-9,17H,4,10H2,1-3H3. The number of aromatic nitrogens is 2. The summed E-state index contributed by atoms with van der Waals surface area (Å²) in [6, 6.07) is 7.38. The Morgan fingerprint density at radius 3 is 2.81 bits per heavy atom. The Bertz CT molecular complexity index is 636. The minimum absolute atomic E-state index is 0.121. The molecule has 0 saturated carbocycles. The summed E-state index contributed by atoms with van der Waals surface area (Å²) >= 11 is 6.08. The van der Waals surface area contributed by atoms with Crippen molar-refractivity contribution in [3.05, 3.63) is 46.7 Å². The Labute approximate surface area is 129 Å². The predicted molar refractivity (Wildman–Crippen MR) is 84.0 cm³/mol. The summed E-state index contributed by atoms with van der Waals surface area (Å²) in [5, 5.41) is 8.27. The van der Waals surface area contributed by atoms with Gasteiger partial charge in [-0.3, -0.25) is 4.79 Å². The maximum atomic E-state index is 11.9. The van der Waals surface area contributed by atoms with Crippen LogP contribution < -0.4 is 5.32 Å². The van der Waals surface area contributed by atoms with Gasteiger partial charge in [-0.15, -0.1) is 0 Å². The first kappa shape index (κ1) is 15.5. The van der Waals surface area contributed by atoms with E-state index in [1.54, 1.807) is 31.0 Å². The zero-order chi connectivity index (χ0) is 15.4. The minimum Gasteiger partial charge on any atom is -0.343 e. The van der Waals surface area contributed by atoms with E-state index in [0.29, 0.717) is 10.7 Å². The van der Waals surface area contributed by atoms with Gasteiger partial charge in [0.2, 0.25) is 0 Å². The van der Waals surface area contributed by atoms with Gasteiger partial charge in [0.1, 0.15) is 0 Å². The molecule has 0 saturated heterocycles. The van der Waals surface area contributed by atoms with Crippen molar-refractivity contribution in [2.24, 2.45) is 0 Å². The van der Waals surface area contributed by atoms with E-state index in [0.717, 1.165) is 24.3 Å². The Balaban J connectivity index is 2.37. The molecule has 0 aliphatic rings. The molecule has 0 bridgehead atoms. The molecule has 1 aromatic carbocycles. The summed E-state index contributed by atoms with van der Waals surface area (Å²) in [5.74, 6) is -0.121. The molecular weight excluding hydrogens is 288 g/mol. The Morgan fingerprint density at radius 2 is 2.14 bits per heavy atom. The monoisotopic (exact) mass is 306 g/mol. The number of nitrogens with zero attached hydrogens (tertiary/aromatic N) is 3. The molecule has 6 heteroatoms. The summed E-state index contributed by atoms with van der Waals surface area (Å²) in [6.07, 6.45) is 1.78. The molecule has 5 nitrogen and oxygen atoms in total. The van der Waals surface area contributed by atoms with Gasteiger partial charge in [-0.2, -0.15) is 5.10 Å². The summed E-state index contributed by atoms with van der Waals surface area (Å²) in [4.78, 5) is 13.4. The first-order chi connectivity index (χ1) is 10.0. The van der Waals surface area contributed by atoms with Gasteiger partial charge >= 0.3 is 0 Å². The zero-order valence-electron chi connectivity index (χ0n) is 12.4. The first-order valence-corrected chi connectivity index (χ1v) is 7.17. The second kappa shape index (κ2) is 6.74. The SMILES string of the molecule is CCNCc1ccc(Cl)cc1-n1ccc(C(=O)N(C)C)n1. The zero-order valence-corrected chi connectivity index (χ0v) is 13.2. The van der Waals surface area contributed by atoms with Gasteiger partial charge < -0.3 is 10.2 Å². The molecule has 0 atom stereocenters. The topological polar surface area (TPSA) is 50.2 Å². The lowest BCUT2D eigenvalue weighted by Crippen LogP contribution is -2.22. The fourth-order valence-corrected chi connectivity index (χ4v) is 2.13. The summed E-state index contributed by atoms with van der Waals surface area (Å²) in [6.45, 7) is 3.66. The number of amides is 1. The average molecular weight is 307 g/mol. The maximum Gasteiger partial charge on any atom is 0.273 e. The second-order valence-corrected chi connectivity index (χ2v) is 5.33. The molecule has 1 aromatic heterocycles. The highest BCUT2D eigenvalue weighted by Gasteiger charge is 2.13. The molecular formula is C15H19ClN4O. The van der Waals surface area contributed by atoms with E-state index in [2.05, 4.69) is 17.3 Å². The number of hydrogen-bond acceptors (Lipinski definition) is 3. The number of hydrogen-bond donors (Lipinski definition) is 1. The van der Waals surface area contributed by atoms with Gasteiger partial charge in [-0.05, 0) is 30.3 Å². The molecule has 1 N–H and O–H groups in total. The first-order valence-electron chi connectivity index (χ1n) is 6.79. The Hall–Kier alpha value is -1.85. The van der Waals surface area contributed by atoms with Crippen LogP contribution in [0.2, 0.25) is 5.02 Å². The van der Waals surface area contributed by atoms with E-state index >= 15 is 0 Å². The van der Waals surface area contributed by atoms with Gasteiger partial charge in [0, 0.05) is 31.9 Å². The van der Waals surface area contributed by atoms with Crippen LogP contribution in [0.15, 0.2) is 30.5 Å². The van der Waals surface area contributed by atoms with E-state index in [4.69, 9.17) is 11.6 Å². The lowest BCUT2D eigenvalue weighted by atomic mass is 10.2. The summed E-state index contributed by atoms with van der Waals surface area (Å²) < 4.78 is 1.69. The number of carbonyl (C=O) groups excluding carboxylic acids is 1. The number of rotatable bonds is 5. The highest BCUT2D eigenvalue weighted by Crippen LogP contribution is 2.20. The van der Waals surface area contributed by atoms with E-state index in [9.17, 15) is 4.79 Å². The third-order valence-corrected chi connectivity index (χ3v) is 3.31. The van der Waals surface area contributed by atoms with E-state index < -0.39 is 0 Å². The van der Waals surface area contributed by atoms with Gasteiger partial charge in [-0.1, -0.05) is 24.6 Å². The molecule has 1 heterocycles. The van der Waals surface area contributed by atoms with Crippen molar-refractivity contribution in [1.29, 1.82) is 0 Å². The highest BCUT2D eigenvalue weighted by atomic mass is 35.5. The molecule has 112 valence electrons. The molecule has 0 radical (unpaired) electrons. The summed E-state index contributed by atoms with van der Waals surface area (Å²) in [7, 11) is 3.41. The van der Waals surface area contributed by atoms with E-state index in [-0.39, 0.29) is 5.91 Å². The molecule has 0 aliphatic carbocycles. The van der Waals surface area contributed by atoms with Gasteiger partial charge in [-0.25, -0.2) is 4.68 Å². The van der Waals surface area contributed by atoms with Crippen LogP contribution in [0.25, 0.3) is 5.69 Å². The number of nitrogens with one attached hydrogen (secondary N) is 1. The van der Waals surface area contributed by atoms with E-state index in [1.807, 2.05) is 18.2 Å². The Morgan fingerprint density at radius 1 is 1.38 bits per heavy atom. The minimum atomic E-state index is -0.121. The van der Waals surface area contributed by atoms with Crippen LogP contribution in [0, 0.1) is 0 Å². The molecule has 2 rings (SSSR count). The van der Waals surface area contributed by atoms with Crippen molar-refractivity contribution in [3.8, 4) is 5.69 Å². The molecule has 2 aromatic rings. The number of benzene rings is 1. The number of halogens is 1. The quantitative estimate of drug-likeness (QED) is 0.922.